The first-order valence-corrected chi connectivity index (χ1v) is 17.0. The number of carbonyl (C=O) groups is 1. The summed E-state index contributed by atoms with van der Waals surface area (Å²) in [6.45, 7) is 6.70. The standard InChI is InChI=1S/C31H27ClFN7OS.C3H6O.CH3NO/c1-18-23-12-20(13-24(33)30(23)38-37-18)27-14-26-31(42-27)36-28(39(26)2)16-40-10-8-19(9-11-40)25-4-3-5-29(35-25)41-17-22-7-6-21(32)15-34-22;1-2-4-3-1;2-1-3/h3-8,12-15H,9-11,16-17H2,1-2H3,(H,37,38);1-3H2;1H,(H2,2,3). The van der Waals surface area contributed by atoms with Crippen molar-refractivity contribution >= 4 is 56.2 Å². The molecule has 1 fully saturated rings. The van der Waals surface area contributed by atoms with Gasteiger partial charge in [-0.05, 0) is 67.3 Å². The SMILES string of the molecule is C1COC1.Cc1[nH]nc2c(F)cc(-c3cc4c(nc(CN5CC=C(c6cccc(OCc7ccc(Cl)cn7)n6)CC5)n4C)s3)cc12.NC=O. The van der Waals surface area contributed by atoms with Crippen molar-refractivity contribution < 1.29 is 18.7 Å². The third-order valence-electron chi connectivity index (χ3n) is 8.20. The second-order valence-corrected chi connectivity index (χ2v) is 13.0. The van der Waals surface area contributed by atoms with Crippen LogP contribution in [0.4, 0.5) is 4.39 Å². The van der Waals surface area contributed by atoms with Crippen LogP contribution in [0.3, 0.4) is 0 Å². The number of imidazole rings is 1. The van der Waals surface area contributed by atoms with E-state index in [0.717, 1.165) is 88.3 Å². The molecule has 0 spiro atoms. The molecule has 7 heterocycles. The fourth-order valence-electron chi connectivity index (χ4n) is 5.39. The Balaban J connectivity index is 0.000000539. The molecular formula is C35H36ClFN8O3S. The maximum Gasteiger partial charge on any atom is 0.214 e. The van der Waals surface area contributed by atoms with Crippen molar-refractivity contribution in [3.8, 4) is 16.3 Å². The summed E-state index contributed by atoms with van der Waals surface area (Å²) in [6, 6.07) is 15.2. The second-order valence-electron chi connectivity index (χ2n) is 11.5. The lowest BCUT2D eigenvalue weighted by molar-refractivity contribution is -0.106. The lowest BCUT2D eigenvalue weighted by Gasteiger charge is -2.25. The van der Waals surface area contributed by atoms with Crippen LogP contribution in [0.25, 0.3) is 37.3 Å². The molecule has 1 aromatic carbocycles. The highest BCUT2D eigenvalue weighted by atomic mass is 35.5. The van der Waals surface area contributed by atoms with Gasteiger partial charge in [0.05, 0.1) is 28.5 Å². The number of ether oxygens (including phenoxy) is 2. The number of carbonyl (C=O) groups excluding carboxylic acids is 1. The van der Waals surface area contributed by atoms with E-state index < -0.39 is 0 Å². The lowest BCUT2D eigenvalue weighted by atomic mass is 10.0. The highest BCUT2D eigenvalue weighted by Crippen LogP contribution is 2.36. The molecule has 0 bridgehead atoms. The molecule has 0 saturated carbocycles. The van der Waals surface area contributed by atoms with E-state index in [1.807, 2.05) is 44.3 Å². The molecule has 1 saturated heterocycles. The molecule has 11 nitrogen and oxygen atoms in total. The number of aromatic amines is 1. The van der Waals surface area contributed by atoms with Crippen molar-refractivity contribution in [2.75, 3.05) is 26.3 Å². The van der Waals surface area contributed by atoms with Gasteiger partial charge in [0.15, 0.2) is 5.82 Å². The molecule has 49 heavy (non-hydrogen) atoms. The number of hydrogen-bond donors (Lipinski definition) is 2. The maximum absolute atomic E-state index is 14.7. The summed E-state index contributed by atoms with van der Waals surface area (Å²) >= 11 is 7.50. The molecule has 6 aromatic rings. The van der Waals surface area contributed by atoms with Crippen molar-refractivity contribution in [1.29, 1.82) is 0 Å². The number of fused-ring (bicyclic) bond motifs is 2. The van der Waals surface area contributed by atoms with E-state index >= 15 is 0 Å². The Hall–Kier alpha value is -4.69. The summed E-state index contributed by atoms with van der Waals surface area (Å²) in [7, 11) is 2.05. The minimum atomic E-state index is -0.319. The van der Waals surface area contributed by atoms with Gasteiger partial charge in [0.25, 0.3) is 0 Å². The predicted octanol–water partition coefficient (Wildman–Crippen LogP) is 6.45. The molecule has 3 N–H and O–H groups in total. The van der Waals surface area contributed by atoms with Crippen LogP contribution in [0.2, 0.25) is 5.02 Å². The Labute approximate surface area is 291 Å². The minimum Gasteiger partial charge on any atom is -0.471 e. The molecule has 2 aliphatic heterocycles. The number of nitrogens with one attached hydrogen (secondary N) is 1. The van der Waals surface area contributed by atoms with E-state index in [1.54, 1.807) is 29.7 Å². The maximum atomic E-state index is 14.7. The third kappa shape index (κ3) is 8.14. The van der Waals surface area contributed by atoms with Crippen LogP contribution in [0.1, 0.15) is 35.7 Å². The van der Waals surface area contributed by atoms with Crippen molar-refractivity contribution in [3.05, 3.63) is 94.5 Å². The molecule has 0 atom stereocenters. The molecule has 5 aromatic heterocycles. The zero-order chi connectivity index (χ0) is 34.3. The second kappa shape index (κ2) is 15.7. The smallest absolute Gasteiger partial charge is 0.214 e. The third-order valence-corrected chi connectivity index (χ3v) is 9.50. The first kappa shape index (κ1) is 34.2. The van der Waals surface area contributed by atoms with Crippen molar-refractivity contribution in [2.45, 2.75) is 32.9 Å². The van der Waals surface area contributed by atoms with Gasteiger partial charge in [-0.1, -0.05) is 23.7 Å². The van der Waals surface area contributed by atoms with Crippen LogP contribution in [0.5, 0.6) is 5.88 Å². The molecule has 254 valence electrons. The minimum absolute atomic E-state index is 0.250. The summed E-state index contributed by atoms with van der Waals surface area (Å²) in [4.78, 5) is 26.9. The molecule has 0 radical (unpaired) electrons. The molecular weight excluding hydrogens is 667 g/mol. The monoisotopic (exact) mass is 702 g/mol. The topological polar surface area (TPSA) is 137 Å². The van der Waals surface area contributed by atoms with Crippen LogP contribution in [0, 0.1) is 12.7 Å². The molecule has 2 aliphatic rings. The number of primary amides is 1. The van der Waals surface area contributed by atoms with Gasteiger partial charge < -0.3 is 19.8 Å². The first-order chi connectivity index (χ1) is 23.8. The Bertz CT molecular complexity index is 2080. The zero-order valence-electron chi connectivity index (χ0n) is 27.2. The van der Waals surface area contributed by atoms with Crippen LogP contribution in [-0.2, 0) is 29.7 Å². The van der Waals surface area contributed by atoms with Gasteiger partial charge >= 0.3 is 0 Å². The van der Waals surface area contributed by atoms with Crippen LogP contribution in [-0.4, -0.2) is 67.3 Å². The van der Waals surface area contributed by atoms with Gasteiger partial charge in [0, 0.05) is 61.6 Å². The van der Waals surface area contributed by atoms with Crippen LogP contribution >= 0.6 is 22.9 Å². The summed E-state index contributed by atoms with van der Waals surface area (Å²) in [5.74, 6) is 1.26. The lowest BCUT2D eigenvalue weighted by Crippen LogP contribution is -2.29. The summed E-state index contributed by atoms with van der Waals surface area (Å²) < 4.78 is 27.4. The number of H-pyrrole nitrogens is 1. The zero-order valence-corrected chi connectivity index (χ0v) is 28.7. The molecule has 14 heteroatoms. The van der Waals surface area contributed by atoms with E-state index in [0.29, 0.717) is 23.0 Å². The number of aryl methyl sites for hydroxylation is 2. The Morgan fingerprint density at radius 3 is 2.65 bits per heavy atom. The average Bonchev–Trinajstić information content (AvgIpc) is 3.75. The number of pyridine rings is 2. The van der Waals surface area contributed by atoms with Gasteiger partial charge in [-0.2, -0.15) is 5.10 Å². The van der Waals surface area contributed by atoms with E-state index in [9.17, 15) is 4.39 Å². The number of nitrogens with zero attached hydrogens (tertiary/aromatic N) is 6. The van der Waals surface area contributed by atoms with Gasteiger partial charge in [0.2, 0.25) is 12.3 Å². The van der Waals surface area contributed by atoms with Gasteiger partial charge in [0.1, 0.15) is 22.8 Å². The van der Waals surface area contributed by atoms with Crippen LogP contribution < -0.4 is 10.5 Å². The van der Waals surface area contributed by atoms with Gasteiger partial charge in [-0.3, -0.25) is 19.8 Å². The summed E-state index contributed by atoms with van der Waals surface area (Å²) in [6.07, 6.45) is 6.27. The number of rotatable bonds is 7. The summed E-state index contributed by atoms with van der Waals surface area (Å²) in [5, 5.41) is 8.35. The fourth-order valence-corrected chi connectivity index (χ4v) is 6.57. The van der Waals surface area contributed by atoms with E-state index in [2.05, 4.69) is 42.5 Å². The number of amides is 1. The molecule has 0 aliphatic carbocycles. The van der Waals surface area contributed by atoms with Crippen molar-refractivity contribution in [1.82, 2.24) is 34.6 Å². The van der Waals surface area contributed by atoms with Crippen molar-refractivity contribution in [2.24, 2.45) is 12.8 Å². The number of aromatic nitrogens is 6. The molecule has 1 amide bonds. The van der Waals surface area contributed by atoms with Gasteiger partial charge in [-0.25, -0.2) is 14.4 Å². The molecule has 8 rings (SSSR count). The first-order valence-electron chi connectivity index (χ1n) is 15.8. The van der Waals surface area contributed by atoms with Crippen LogP contribution in [0.15, 0.2) is 60.8 Å². The quantitative estimate of drug-likeness (QED) is 0.181. The highest BCUT2D eigenvalue weighted by molar-refractivity contribution is 7.21. The number of benzene rings is 1. The Morgan fingerprint density at radius 1 is 1.18 bits per heavy atom. The normalized spacial score (nSPS) is 14.3. The predicted molar refractivity (Wildman–Crippen MR) is 190 cm³/mol. The highest BCUT2D eigenvalue weighted by Gasteiger charge is 2.20. The van der Waals surface area contributed by atoms with E-state index in [1.165, 1.54) is 12.0 Å². The largest absolute Gasteiger partial charge is 0.471 e. The Kier molecular flexibility index (Phi) is 10.9. The van der Waals surface area contributed by atoms with Crippen molar-refractivity contribution in [3.63, 3.8) is 0 Å². The number of halogens is 2. The molecule has 0 unspecified atom stereocenters. The van der Waals surface area contributed by atoms with E-state index in [4.69, 9.17) is 35.8 Å². The fraction of sp³-hybridized carbons (Fsp3) is 0.286. The number of thiophene rings is 1. The van der Waals surface area contributed by atoms with Gasteiger partial charge in [-0.15, -0.1) is 11.3 Å². The Morgan fingerprint density at radius 2 is 1.98 bits per heavy atom. The van der Waals surface area contributed by atoms with E-state index in [-0.39, 0.29) is 12.2 Å². The number of nitrogens with two attached hydrogens (primary N) is 1. The summed E-state index contributed by atoms with van der Waals surface area (Å²) in [5.41, 5.74) is 10.2. The average molecular weight is 703 g/mol. The number of hydrogen-bond acceptors (Lipinski definition) is 9.